The van der Waals surface area contributed by atoms with Crippen molar-refractivity contribution in [2.24, 2.45) is 40.4 Å². The van der Waals surface area contributed by atoms with Crippen LogP contribution in [0.25, 0.3) is 0 Å². The van der Waals surface area contributed by atoms with Crippen LogP contribution in [-0.4, -0.2) is 120 Å². The number of esters is 3. The monoisotopic (exact) mass is 1130 g/mol. The summed E-state index contributed by atoms with van der Waals surface area (Å²) in [5.74, 6) is -10.5. The zero-order valence-electron chi connectivity index (χ0n) is 45.0. The largest absolute Gasteiger partial charge is 0.459 e. The maximum absolute atomic E-state index is 15.5. The lowest BCUT2D eigenvalue weighted by Crippen LogP contribution is -2.71. The van der Waals surface area contributed by atoms with E-state index in [2.05, 4.69) is 0 Å². The van der Waals surface area contributed by atoms with Gasteiger partial charge in [-0.15, -0.1) is 0 Å². The Labute approximate surface area is 452 Å². The van der Waals surface area contributed by atoms with Gasteiger partial charge >= 0.3 is 36.4 Å². The van der Waals surface area contributed by atoms with E-state index in [-0.39, 0.29) is 44.9 Å². The minimum absolute atomic E-state index is 0.0268. The number of ether oxygens (including phenoxy) is 6. The van der Waals surface area contributed by atoms with Crippen LogP contribution >= 0.6 is 0 Å². The Morgan fingerprint density at radius 2 is 1.03 bits per heavy atom. The van der Waals surface area contributed by atoms with E-state index < -0.39 is 158 Å². The predicted octanol–water partition coefficient (Wildman–Crippen LogP) is 9.55. The molecule has 22 heteroatoms. The second-order valence-electron chi connectivity index (χ2n) is 23.0. The number of halogens is 9. The summed E-state index contributed by atoms with van der Waals surface area (Å²) >= 11 is 0. The number of carbonyl (C=O) groups is 3. The molecule has 2 unspecified atom stereocenters. The topological polar surface area (TPSA) is 188 Å². The Morgan fingerprint density at radius 3 is 1.43 bits per heavy atom. The third-order valence-corrected chi connectivity index (χ3v) is 18.4. The van der Waals surface area contributed by atoms with Crippen LogP contribution < -0.4 is 0 Å². The number of aliphatic hydroxyl groups is 4. The summed E-state index contributed by atoms with van der Waals surface area (Å²) in [6.07, 6.45) is -25.7. The number of rotatable bonds is 17. The summed E-state index contributed by atoms with van der Waals surface area (Å²) < 4.78 is 168. The second-order valence-corrected chi connectivity index (χ2v) is 23.0. The molecule has 0 saturated heterocycles. The van der Waals surface area contributed by atoms with Gasteiger partial charge in [-0.2, -0.15) is 39.5 Å². The van der Waals surface area contributed by atoms with Crippen LogP contribution in [-0.2, 0) is 59.6 Å². The molecule has 4 aliphatic rings. The third-order valence-electron chi connectivity index (χ3n) is 18.4. The van der Waals surface area contributed by atoms with Gasteiger partial charge in [-0.1, -0.05) is 112 Å². The lowest BCUT2D eigenvalue weighted by molar-refractivity contribution is -0.298. The molecule has 4 saturated carbocycles. The first-order valence-corrected chi connectivity index (χ1v) is 26.1. The van der Waals surface area contributed by atoms with Crippen LogP contribution in [0.1, 0.15) is 103 Å². The normalized spacial score (nSPS) is 32.3. The van der Waals surface area contributed by atoms with Gasteiger partial charge in [0, 0.05) is 56.3 Å². The molecule has 0 radical (unpaired) electrons. The van der Waals surface area contributed by atoms with Gasteiger partial charge in [0.05, 0.1) is 23.4 Å². The highest BCUT2D eigenvalue weighted by Gasteiger charge is 2.75. The molecule has 0 aromatic heterocycles. The number of carbonyl (C=O) groups excluding carboxylic acids is 3. The number of hydrogen-bond donors (Lipinski definition) is 4. The molecule has 7 rings (SSSR count). The molecule has 0 amide bonds. The molecule has 4 N–H and O–H groups in total. The Balaban J connectivity index is 1.23. The lowest BCUT2D eigenvalue weighted by Gasteiger charge is -2.66. The van der Waals surface area contributed by atoms with Crippen molar-refractivity contribution in [2.75, 3.05) is 21.3 Å². The number of fused-ring (bicyclic) bond motifs is 5. The van der Waals surface area contributed by atoms with E-state index >= 15 is 13.2 Å². The molecule has 79 heavy (non-hydrogen) atoms. The van der Waals surface area contributed by atoms with Crippen LogP contribution in [0.4, 0.5) is 39.5 Å². The molecule has 438 valence electrons. The molecule has 16 atom stereocenters. The Hall–Kier alpha value is -4.84. The van der Waals surface area contributed by atoms with Crippen molar-refractivity contribution in [3.63, 3.8) is 0 Å². The van der Waals surface area contributed by atoms with Crippen LogP contribution in [0.5, 0.6) is 0 Å². The molecule has 3 aromatic rings. The standard InChI is InChI=1S/C57H69F9O13/c1-32(24-25-41(48(2,3)72)79-47(71)54(76-8,57(64,65)66)35-22-16-11-17-23-35)36-30-39(78-46(70)53(75-7,56(61,62)63)34-20-14-10-15-21-34)44-49(36,4)29-27-40-50(5)28-26-38(43(68)42(50)37(67)31-51(40,44)73)77-45(69)52(74-6,55(58,59)60)33-18-12-9-13-19-33/h9-23,32,36-44,67-68,72-73H,24-31H2,1-8H3/t32-,36-,37?,38+,39-,40-,41-,42?,43+,44-,49-,50-,51+,52-,53-,54-/m1/s1. The summed E-state index contributed by atoms with van der Waals surface area (Å²) in [6.45, 7) is 7.57. The summed E-state index contributed by atoms with van der Waals surface area (Å²) in [6, 6.07) is 18.0. The molecule has 0 heterocycles. The smallest absolute Gasteiger partial charge is 0.432 e. The number of aliphatic hydroxyl groups excluding tert-OH is 2. The minimum Gasteiger partial charge on any atom is -0.459 e. The van der Waals surface area contributed by atoms with Gasteiger partial charge in [0.25, 0.3) is 16.8 Å². The van der Waals surface area contributed by atoms with Gasteiger partial charge in [-0.25, -0.2) is 14.4 Å². The lowest BCUT2D eigenvalue weighted by atomic mass is 9.41. The molecule has 4 aliphatic carbocycles. The summed E-state index contributed by atoms with van der Waals surface area (Å²) in [5.41, 5.74) is -19.4. The maximum Gasteiger partial charge on any atom is 0.432 e. The summed E-state index contributed by atoms with van der Waals surface area (Å²) in [7, 11) is 2.06. The molecule has 0 spiro atoms. The highest BCUT2D eigenvalue weighted by molar-refractivity contribution is 5.84. The molecule has 3 aromatic carbocycles. The Kier molecular flexibility index (Phi) is 17.1. The van der Waals surface area contributed by atoms with E-state index in [0.717, 1.165) is 36.4 Å². The third kappa shape index (κ3) is 10.1. The molecule has 0 aliphatic heterocycles. The van der Waals surface area contributed by atoms with Gasteiger partial charge in [-0.3, -0.25) is 0 Å². The average molecular weight is 1130 g/mol. The van der Waals surface area contributed by atoms with Gasteiger partial charge in [0.15, 0.2) is 0 Å². The van der Waals surface area contributed by atoms with E-state index in [0.29, 0.717) is 21.3 Å². The van der Waals surface area contributed by atoms with Gasteiger partial charge < -0.3 is 48.8 Å². The quantitative estimate of drug-likeness (QED) is 0.0569. The predicted molar refractivity (Wildman–Crippen MR) is 263 cm³/mol. The Morgan fingerprint density at radius 1 is 0.620 bits per heavy atom. The first-order valence-electron chi connectivity index (χ1n) is 26.1. The van der Waals surface area contributed by atoms with Crippen molar-refractivity contribution in [1.82, 2.24) is 0 Å². The number of alkyl halides is 9. The SMILES string of the molecule is CO[C@@](C(=O)O[C@H]1CC[C@@]2(C)C(C(O)C[C@@]3(O)[C@@H]4[C@H](OC(=O)[C@](OC)(c5ccccc5)C(F)(F)F)C[C@H]([C@H](C)CC[C@@H](OC(=O)[C@](OC)(c5ccccc5)C(F)(F)F)C(C)(C)O)[C@@]4(C)CC[C@@H]32)[C@H]1O)(c1ccccc1)C(F)(F)F. The Bertz CT molecular complexity index is 2620. The van der Waals surface area contributed by atoms with Crippen molar-refractivity contribution in [2.45, 2.75) is 163 Å². The van der Waals surface area contributed by atoms with Crippen molar-refractivity contribution in [3.05, 3.63) is 108 Å². The number of benzene rings is 3. The van der Waals surface area contributed by atoms with Crippen molar-refractivity contribution in [3.8, 4) is 0 Å². The van der Waals surface area contributed by atoms with Crippen molar-refractivity contribution < 1.29 is 103 Å². The molecular formula is C57H69F9O13. The summed E-state index contributed by atoms with van der Waals surface area (Å²) in [5, 5.41) is 49.3. The fraction of sp³-hybridized carbons (Fsp3) is 0.632. The minimum atomic E-state index is -5.43. The van der Waals surface area contributed by atoms with E-state index in [4.69, 9.17) is 28.4 Å². The zero-order chi connectivity index (χ0) is 58.7. The van der Waals surface area contributed by atoms with Crippen LogP contribution in [0.15, 0.2) is 91.0 Å². The van der Waals surface area contributed by atoms with Crippen LogP contribution in [0, 0.1) is 40.4 Å². The second kappa shape index (κ2) is 21.8. The number of methoxy groups -OCH3 is 3. The van der Waals surface area contributed by atoms with E-state index in [1.807, 2.05) is 0 Å². The fourth-order valence-corrected chi connectivity index (χ4v) is 14.7. The maximum atomic E-state index is 15.5. The van der Waals surface area contributed by atoms with Crippen molar-refractivity contribution in [1.29, 1.82) is 0 Å². The van der Waals surface area contributed by atoms with E-state index in [1.54, 1.807) is 20.8 Å². The van der Waals surface area contributed by atoms with Gasteiger partial charge in [0.2, 0.25) is 0 Å². The number of hydrogen-bond acceptors (Lipinski definition) is 13. The molecular weight excluding hydrogens is 1060 g/mol. The zero-order valence-corrected chi connectivity index (χ0v) is 45.0. The van der Waals surface area contributed by atoms with Crippen molar-refractivity contribution >= 4 is 17.9 Å². The highest BCUT2D eigenvalue weighted by atomic mass is 19.4. The molecule has 4 fully saturated rings. The van der Waals surface area contributed by atoms with Gasteiger partial charge in [-0.05, 0) is 87.4 Å². The van der Waals surface area contributed by atoms with Crippen LogP contribution in [0.2, 0.25) is 0 Å². The highest BCUT2D eigenvalue weighted by Crippen LogP contribution is 2.71. The van der Waals surface area contributed by atoms with E-state index in [9.17, 15) is 61.2 Å². The first-order chi connectivity index (χ1) is 36.6. The fourth-order valence-electron chi connectivity index (χ4n) is 14.7. The summed E-state index contributed by atoms with van der Waals surface area (Å²) in [4.78, 5) is 42.3. The van der Waals surface area contributed by atoms with Gasteiger partial charge in [0.1, 0.15) is 18.3 Å². The average Bonchev–Trinajstić information content (AvgIpc) is 2.64. The first kappa shape index (κ1) is 61.8. The van der Waals surface area contributed by atoms with E-state index in [1.165, 1.54) is 68.4 Å². The molecule has 0 bridgehead atoms. The van der Waals surface area contributed by atoms with Crippen LogP contribution in [0.3, 0.4) is 0 Å². The molecule has 13 nitrogen and oxygen atoms in total.